The highest BCUT2D eigenvalue weighted by Crippen LogP contribution is 2.45. The number of fused-ring (bicyclic) bond motifs is 14. The van der Waals surface area contributed by atoms with Gasteiger partial charge in [0.1, 0.15) is 0 Å². The summed E-state index contributed by atoms with van der Waals surface area (Å²) in [4.78, 5) is 0. The molecule has 0 bridgehead atoms. The van der Waals surface area contributed by atoms with Crippen molar-refractivity contribution in [3.8, 4) is 33.9 Å². The van der Waals surface area contributed by atoms with Gasteiger partial charge in [-0.1, -0.05) is 152 Å². The quantitative estimate of drug-likeness (QED) is 0.165. The van der Waals surface area contributed by atoms with Crippen molar-refractivity contribution in [2.45, 2.75) is 0 Å². The molecule has 0 N–H and O–H groups in total. The number of benzene rings is 10. The van der Waals surface area contributed by atoms with E-state index in [0.717, 1.165) is 22.7 Å². The van der Waals surface area contributed by atoms with E-state index in [4.69, 9.17) is 0 Å². The van der Waals surface area contributed by atoms with Crippen molar-refractivity contribution in [1.82, 2.24) is 18.3 Å². The van der Waals surface area contributed by atoms with E-state index in [-0.39, 0.29) is 0 Å². The van der Waals surface area contributed by atoms with E-state index in [1.165, 1.54) is 98.4 Å². The Morgan fingerprint density at radius 1 is 0.203 bits per heavy atom. The van der Waals surface area contributed by atoms with Crippen molar-refractivity contribution in [3.63, 3.8) is 0 Å². The molecule has 4 heteroatoms. The molecule has 14 aromatic rings. The van der Waals surface area contributed by atoms with Crippen molar-refractivity contribution in [1.29, 1.82) is 0 Å². The van der Waals surface area contributed by atoms with E-state index in [2.05, 4.69) is 249 Å². The Morgan fingerprint density at radius 3 is 1.12 bits per heavy atom. The summed E-state index contributed by atoms with van der Waals surface area (Å²) in [6.45, 7) is 0. The summed E-state index contributed by atoms with van der Waals surface area (Å²) < 4.78 is 9.88. The van der Waals surface area contributed by atoms with Gasteiger partial charge in [-0.15, -0.1) is 0 Å². The molecule has 0 radical (unpaired) electrons. The monoisotopic (exact) mass is 814 g/mol. The van der Waals surface area contributed by atoms with Gasteiger partial charge in [0.15, 0.2) is 0 Å². The molecular formula is C60H38N4. The first-order valence-electron chi connectivity index (χ1n) is 22.0. The highest BCUT2D eigenvalue weighted by Gasteiger charge is 2.23. The van der Waals surface area contributed by atoms with Gasteiger partial charge < -0.3 is 18.3 Å². The SMILES string of the molecule is c1ccc(-c2cccc(-n3c4ccccc4c4ccc5c(c6ccccc6n5-c5cccc(-n6c7ccccc7c7ccc8c(c9ccccc9n8-c8ccccc8)c76)c5)c43)c2)cc1. The van der Waals surface area contributed by atoms with Crippen LogP contribution in [0.1, 0.15) is 0 Å². The van der Waals surface area contributed by atoms with Crippen molar-refractivity contribution >= 4 is 87.2 Å². The first-order valence-corrected chi connectivity index (χ1v) is 22.0. The minimum atomic E-state index is 1.11. The van der Waals surface area contributed by atoms with Crippen LogP contribution in [0.3, 0.4) is 0 Å². The maximum Gasteiger partial charge on any atom is 0.0641 e. The van der Waals surface area contributed by atoms with E-state index in [1.54, 1.807) is 0 Å². The predicted octanol–water partition coefficient (Wildman–Crippen LogP) is 15.7. The maximum atomic E-state index is 2.50. The molecule has 0 spiro atoms. The maximum absolute atomic E-state index is 2.50. The first kappa shape index (κ1) is 35.0. The fourth-order valence-corrected chi connectivity index (χ4v) is 10.9. The average molecular weight is 815 g/mol. The summed E-state index contributed by atoms with van der Waals surface area (Å²) in [7, 11) is 0. The Bertz CT molecular complexity index is 4180. The van der Waals surface area contributed by atoms with Gasteiger partial charge in [-0.3, -0.25) is 0 Å². The Kier molecular flexibility index (Phi) is 7.36. The molecule has 0 amide bonds. The minimum absolute atomic E-state index is 1.11. The summed E-state index contributed by atoms with van der Waals surface area (Å²) in [5, 5.41) is 9.93. The molecule has 14 rings (SSSR count). The highest BCUT2D eigenvalue weighted by atomic mass is 15.0. The predicted molar refractivity (Wildman–Crippen MR) is 269 cm³/mol. The molecule has 0 saturated heterocycles. The molecule has 0 aliphatic rings. The van der Waals surface area contributed by atoms with Gasteiger partial charge in [0.25, 0.3) is 0 Å². The Morgan fingerprint density at radius 2 is 0.578 bits per heavy atom. The Labute approximate surface area is 368 Å². The average Bonchev–Trinajstić information content (AvgIpc) is 4.09. The number of nitrogens with zero attached hydrogens (tertiary/aromatic N) is 4. The van der Waals surface area contributed by atoms with Crippen molar-refractivity contribution < 1.29 is 0 Å². The molecular weight excluding hydrogens is 777 g/mol. The molecule has 4 aromatic heterocycles. The smallest absolute Gasteiger partial charge is 0.0641 e. The summed E-state index contributed by atoms with van der Waals surface area (Å²) in [6.07, 6.45) is 0. The first-order chi connectivity index (χ1) is 31.8. The van der Waals surface area contributed by atoms with Crippen LogP contribution >= 0.6 is 0 Å². The fourth-order valence-electron chi connectivity index (χ4n) is 10.9. The third-order valence-corrected chi connectivity index (χ3v) is 13.5. The second-order valence-electron chi connectivity index (χ2n) is 16.9. The molecule has 0 fully saturated rings. The van der Waals surface area contributed by atoms with Gasteiger partial charge in [-0.05, 0) is 90.0 Å². The molecule has 0 aliphatic carbocycles. The van der Waals surface area contributed by atoms with Crippen LogP contribution in [0.4, 0.5) is 0 Å². The van der Waals surface area contributed by atoms with Crippen LogP contribution in [0.5, 0.6) is 0 Å². The summed E-state index contributed by atoms with van der Waals surface area (Å²) in [5.41, 5.74) is 16.5. The zero-order chi connectivity index (χ0) is 41.9. The molecule has 0 unspecified atom stereocenters. The molecule has 64 heavy (non-hydrogen) atoms. The lowest BCUT2D eigenvalue weighted by atomic mass is 10.0. The third-order valence-electron chi connectivity index (χ3n) is 13.5. The Balaban J connectivity index is 1.05. The fraction of sp³-hybridized carbons (Fsp3) is 0. The van der Waals surface area contributed by atoms with E-state index < -0.39 is 0 Å². The second kappa shape index (κ2) is 13.4. The number of rotatable bonds is 5. The van der Waals surface area contributed by atoms with Crippen molar-refractivity contribution in [3.05, 3.63) is 231 Å². The van der Waals surface area contributed by atoms with Gasteiger partial charge in [0, 0.05) is 65.8 Å². The summed E-state index contributed by atoms with van der Waals surface area (Å²) in [5.74, 6) is 0. The van der Waals surface area contributed by atoms with Crippen LogP contribution in [0.2, 0.25) is 0 Å². The molecule has 0 atom stereocenters. The van der Waals surface area contributed by atoms with Crippen molar-refractivity contribution in [2.75, 3.05) is 0 Å². The minimum Gasteiger partial charge on any atom is -0.309 e. The van der Waals surface area contributed by atoms with Crippen LogP contribution < -0.4 is 0 Å². The molecule has 298 valence electrons. The van der Waals surface area contributed by atoms with E-state index in [9.17, 15) is 0 Å². The van der Waals surface area contributed by atoms with Crippen LogP contribution in [0.25, 0.3) is 121 Å². The zero-order valence-corrected chi connectivity index (χ0v) is 34.7. The number of aromatic nitrogens is 4. The number of hydrogen-bond acceptors (Lipinski definition) is 0. The van der Waals surface area contributed by atoms with E-state index >= 15 is 0 Å². The topological polar surface area (TPSA) is 19.7 Å². The molecule has 0 aliphatic heterocycles. The van der Waals surface area contributed by atoms with Gasteiger partial charge in [-0.2, -0.15) is 0 Å². The lowest BCUT2D eigenvalue weighted by Crippen LogP contribution is -1.99. The standard InChI is InChI=1S/C60H38N4/c1-3-17-39(18-4-1)40-19-15-22-42(37-40)63-51-29-11-7-25-45(51)47-34-36-56-58(59(47)63)50-28-10-14-32-54(50)62(56)43-23-16-24-44(38-43)64-52-30-12-8-26-46(52)48-33-35-55-57(60(48)64)49-27-9-13-31-53(49)61(55)41-20-5-2-6-21-41/h1-38H. The molecule has 10 aromatic carbocycles. The van der Waals surface area contributed by atoms with Crippen LogP contribution in [-0.2, 0) is 0 Å². The molecule has 4 nitrogen and oxygen atoms in total. The molecule has 0 saturated carbocycles. The Hall–Kier alpha value is -8.60. The summed E-state index contributed by atoms with van der Waals surface area (Å²) >= 11 is 0. The lowest BCUT2D eigenvalue weighted by molar-refractivity contribution is 1.14. The van der Waals surface area contributed by atoms with Gasteiger partial charge >= 0.3 is 0 Å². The largest absolute Gasteiger partial charge is 0.309 e. The lowest BCUT2D eigenvalue weighted by Gasteiger charge is -2.14. The highest BCUT2D eigenvalue weighted by molar-refractivity contribution is 6.27. The third kappa shape index (κ3) is 4.88. The second-order valence-corrected chi connectivity index (χ2v) is 16.9. The number of hydrogen-bond donors (Lipinski definition) is 0. The van der Waals surface area contributed by atoms with Crippen LogP contribution in [0.15, 0.2) is 231 Å². The molecule has 4 heterocycles. The number of para-hydroxylation sites is 5. The van der Waals surface area contributed by atoms with Gasteiger partial charge in [0.05, 0.1) is 44.1 Å². The zero-order valence-electron chi connectivity index (χ0n) is 34.7. The van der Waals surface area contributed by atoms with Gasteiger partial charge in [-0.25, -0.2) is 0 Å². The van der Waals surface area contributed by atoms with Crippen LogP contribution in [0, 0.1) is 0 Å². The van der Waals surface area contributed by atoms with Gasteiger partial charge in [0.2, 0.25) is 0 Å². The normalized spacial score (nSPS) is 12.1. The van der Waals surface area contributed by atoms with Crippen LogP contribution in [-0.4, -0.2) is 18.3 Å². The van der Waals surface area contributed by atoms with Crippen molar-refractivity contribution in [2.24, 2.45) is 0 Å². The van der Waals surface area contributed by atoms with E-state index in [1.807, 2.05) is 0 Å². The van der Waals surface area contributed by atoms with E-state index in [0.29, 0.717) is 0 Å². The summed E-state index contributed by atoms with van der Waals surface area (Å²) in [6, 6.07) is 84.4.